The zero-order chi connectivity index (χ0) is 13.5. The van der Waals surface area contributed by atoms with E-state index in [1.807, 2.05) is 13.8 Å². The number of rotatable bonds is 1. The van der Waals surface area contributed by atoms with E-state index in [2.05, 4.69) is 25.8 Å². The van der Waals surface area contributed by atoms with Gasteiger partial charge in [-0.05, 0) is 22.5 Å². The molecule has 0 bridgehead atoms. The van der Waals surface area contributed by atoms with Crippen molar-refractivity contribution in [3.8, 4) is 0 Å². The predicted octanol–water partition coefficient (Wildman–Crippen LogP) is 4.42. The van der Waals surface area contributed by atoms with Gasteiger partial charge in [0.2, 0.25) is 0 Å². The van der Waals surface area contributed by atoms with Crippen LogP contribution in [0.25, 0.3) is 0 Å². The summed E-state index contributed by atoms with van der Waals surface area (Å²) in [4.78, 5) is 3.50. The molecular weight excluding hydrogens is 227 g/mol. The summed E-state index contributed by atoms with van der Waals surface area (Å²) in [6.45, 7) is 10.2. The van der Waals surface area contributed by atoms with E-state index in [-0.39, 0.29) is 10.8 Å². The highest BCUT2D eigenvalue weighted by atomic mass is 19.4. The quantitative estimate of drug-likeness (QED) is 0.713. The Hall–Kier alpha value is -1.06. The minimum absolute atomic E-state index is 0.0472. The van der Waals surface area contributed by atoms with Crippen LogP contribution in [0.1, 0.15) is 45.9 Å². The van der Waals surface area contributed by atoms with Gasteiger partial charge < -0.3 is 0 Å². The molecule has 1 aromatic rings. The van der Waals surface area contributed by atoms with Crippen LogP contribution in [-0.4, -0.2) is 4.98 Å². The van der Waals surface area contributed by atoms with Crippen LogP contribution >= 0.6 is 0 Å². The highest BCUT2D eigenvalue weighted by molar-refractivity contribution is 5.25. The molecule has 0 aliphatic heterocycles. The highest BCUT2D eigenvalue weighted by Gasteiger charge is 2.36. The maximum Gasteiger partial charge on any atom is 0.433 e. The van der Waals surface area contributed by atoms with Crippen LogP contribution in [0.15, 0.2) is 18.3 Å². The van der Waals surface area contributed by atoms with Crippen LogP contribution in [0.4, 0.5) is 13.2 Å². The Balaban J connectivity index is 3.12. The Labute approximate surface area is 100 Å². The summed E-state index contributed by atoms with van der Waals surface area (Å²) < 4.78 is 37.2. The fourth-order valence-corrected chi connectivity index (χ4v) is 1.36. The third kappa shape index (κ3) is 2.79. The Morgan fingerprint density at radius 1 is 0.941 bits per heavy atom. The van der Waals surface area contributed by atoms with Crippen LogP contribution in [0.3, 0.4) is 0 Å². The van der Waals surface area contributed by atoms with Crippen LogP contribution in [0.5, 0.6) is 0 Å². The molecule has 0 aliphatic carbocycles. The van der Waals surface area contributed by atoms with Gasteiger partial charge in [-0.15, -0.1) is 0 Å². The van der Waals surface area contributed by atoms with Crippen LogP contribution < -0.4 is 0 Å². The number of alkyl halides is 3. The molecule has 1 heterocycles. The number of hydrogen-bond donors (Lipinski definition) is 0. The van der Waals surface area contributed by atoms with Crippen molar-refractivity contribution in [2.24, 2.45) is 5.41 Å². The maximum absolute atomic E-state index is 12.4. The van der Waals surface area contributed by atoms with Crippen LogP contribution in [0, 0.1) is 5.41 Å². The van der Waals surface area contributed by atoms with E-state index in [4.69, 9.17) is 0 Å². The van der Waals surface area contributed by atoms with Crippen molar-refractivity contribution >= 4 is 0 Å². The van der Waals surface area contributed by atoms with Crippen LogP contribution in [0.2, 0.25) is 0 Å². The Morgan fingerprint density at radius 2 is 1.47 bits per heavy atom. The topological polar surface area (TPSA) is 12.9 Å². The summed E-state index contributed by atoms with van der Waals surface area (Å²) in [5, 5.41) is 0. The molecule has 1 aromatic heterocycles. The third-order valence-corrected chi connectivity index (χ3v) is 3.65. The fourth-order valence-electron chi connectivity index (χ4n) is 1.36. The first-order valence-electron chi connectivity index (χ1n) is 5.50. The Morgan fingerprint density at radius 3 is 1.76 bits per heavy atom. The average Bonchev–Trinajstić information content (AvgIpc) is 2.15. The standard InChI is InChI=1S/C13H18F3N/c1-11(2,3)12(4,5)9-6-7-10(17-8-9)13(14,15)16/h6-8H,1-5H3. The first kappa shape index (κ1) is 14.0. The molecule has 0 radical (unpaired) electrons. The van der Waals surface area contributed by atoms with Crippen molar-refractivity contribution < 1.29 is 13.2 Å². The van der Waals surface area contributed by atoms with Crippen molar-refractivity contribution in [2.45, 2.75) is 46.2 Å². The molecule has 0 saturated heterocycles. The Kier molecular flexibility index (Phi) is 3.29. The second kappa shape index (κ2) is 4.00. The average molecular weight is 245 g/mol. The van der Waals surface area contributed by atoms with Crippen molar-refractivity contribution in [1.82, 2.24) is 4.98 Å². The molecule has 0 aromatic carbocycles. The van der Waals surface area contributed by atoms with E-state index in [0.717, 1.165) is 11.6 Å². The van der Waals surface area contributed by atoms with Gasteiger partial charge in [0.1, 0.15) is 5.69 Å². The van der Waals surface area contributed by atoms with Gasteiger partial charge in [0.05, 0.1) is 0 Å². The molecule has 0 spiro atoms. The number of nitrogens with zero attached hydrogens (tertiary/aromatic N) is 1. The summed E-state index contributed by atoms with van der Waals surface area (Å²) in [6, 6.07) is 2.56. The second-order valence-electron chi connectivity index (χ2n) is 5.80. The molecule has 17 heavy (non-hydrogen) atoms. The van der Waals surface area contributed by atoms with Gasteiger partial charge in [0.15, 0.2) is 0 Å². The first-order chi connectivity index (χ1) is 7.46. The van der Waals surface area contributed by atoms with E-state index >= 15 is 0 Å². The number of halogens is 3. The lowest BCUT2D eigenvalue weighted by atomic mass is 9.66. The van der Waals surface area contributed by atoms with Gasteiger partial charge in [-0.25, -0.2) is 0 Å². The molecule has 96 valence electrons. The van der Waals surface area contributed by atoms with Crippen molar-refractivity contribution in [3.05, 3.63) is 29.6 Å². The molecule has 0 saturated carbocycles. The van der Waals surface area contributed by atoms with E-state index in [9.17, 15) is 13.2 Å². The van der Waals surface area contributed by atoms with Crippen LogP contribution in [-0.2, 0) is 11.6 Å². The van der Waals surface area contributed by atoms with Gasteiger partial charge >= 0.3 is 6.18 Å². The van der Waals surface area contributed by atoms with E-state index < -0.39 is 11.9 Å². The normalized spacial score (nSPS) is 13.9. The van der Waals surface area contributed by atoms with Crippen molar-refractivity contribution in [2.75, 3.05) is 0 Å². The smallest absolute Gasteiger partial charge is 0.251 e. The summed E-state index contributed by atoms with van der Waals surface area (Å²) in [5.41, 5.74) is -0.303. The maximum atomic E-state index is 12.4. The highest BCUT2D eigenvalue weighted by Crippen LogP contribution is 2.41. The van der Waals surface area contributed by atoms with E-state index in [1.165, 1.54) is 12.3 Å². The minimum Gasteiger partial charge on any atom is -0.251 e. The number of aromatic nitrogens is 1. The first-order valence-corrected chi connectivity index (χ1v) is 5.50. The molecular formula is C13H18F3N. The SMILES string of the molecule is CC(C)(C)C(C)(C)c1ccc(C(F)(F)F)nc1. The molecule has 1 nitrogen and oxygen atoms in total. The zero-order valence-electron chi connectivity index (χ0n) is 10.8. The van der Waals surface area contributed by atoms with Gasteiger partial charge in [-0.2, -0.15) is 13.2 Å². The summed E-state index contributed by atoms with van der Waals surface area (Å²) >= 11 is 0. The molecule has 0 atom stereocenters. The van der Waals surface area contributed by atoms with Gasteiger partial charge in [0.25, 0.3) is 0 Å². The number of hydrogen-bond acceptors (Lipinski definition) is 1. The Bertz CT molecular complexity index is 383. The lowest BCUT2D eigenvalue weighted by Crippen LogP contribution is -2.34. The summed E-state index contributed by atoms with van der Waals surface area (Å²) in [5.74, 6) is 0. The predicted molar refractivity (Wildman–Crippen MR) is 61.7 cm³/mol. The lowest BCUT2D eigenvalue weighted by Gasteiger charge is -2.39. The second-order valence-corrected chi connectivity index (χ2v) is 5.80. The number of pyridine rings is 1. The molecule has 0 unspecified atom stereocenters. The molecule has 4 heteroatoms. The lowest BCUT2D eigenvalue weighted by molar-refractivity contribution is -0.141. The molecule has 0 aliphatic rings. The van der Waals surface area contributed by atoms with Gasteiger partial charge in [-0.3, -0.25) is 4.98 Å². The molecule has 1 rings (SSSR count). The van der Waals surface area contributed by atoms with E-state index in [0.29, 0.717) is 0 Å². The summed E-state index contributed by atoms with van der Waals surface area (Å²) in [7, 11) is 0. The van der Waals surface area contributed by atoms with Crippen molar-refractivity contribution in [3.63, 3.8) is 0 Å². The van der Waals surface area contributed by atoms with Crippen molar-refractivity contribution in [1.29, 1.82) is 0 Å². The largest absolute Gasteiger partial charge is 0.433 e. The molecule has 0 fully saturated rings. The van der Waals surface area contributed by atoms with E-state index in [1.54, 1.807) is 0 Å². The fraction of sp³-hybridized carbons (Fsp3) is 0.615. The van der Waals surface area contributed by atoms with Gasteiger partial charge in [0, 0.05) is 6.20 Å². The summed E-state index contributed by atoms with van der Waals surface area (Å²) in [6.07, 6.45) is -3.04. The zero-order valence-corrected chi connectivity index (χ0v) is 10.8. The monoisotopic (exact) mass is 245 g/mol. The minimum atomic E-state index is -4.37. The van der Waals surface area contributed by atoms with Gasteiger partial charge in [-0.1, -0.05) is 40.7 Å². The third-order valence-electron chi connectivity index (χ3n) is 3.65. The molecule has 0 N–H and O–H groups in total. The molecule has 0 amide bonds.